The van der Waals surface area contributed by atoms with Crippen LogP contribution in [-0.2, 0) is 11.3 Å². The fraction of sp³-hybridized carbons (Fsp3) is 0.250. The summed E-state index contributed by atoms with van der Waals surface area (Å²) in [6, 6.07) is 14.9. The number of hydrogen-bond donors (Lipinski definition) is 0. The van der Waals surface area contributed by atoms with Crippen LogP contribution in [0.4, 0.5) is 0 Å². The third-order valence-corrected chi connectivity index (χ3v) is 5.23. The van der Waals surface area contributed by atoms with E-state index in [-0.39, 0.29) is 23.9 Å². The quantitative estimate of drug-likeness (QED) is 0.712. The fourth-order valence-electron chi connectivity index (χ4n) is 3.64. The summed E-state index contributed by atoms with van der Waals surface area (Å²) in [7, 11) is 0. The second-order valence-electron chi connectivity index (χ2n) is 6.45. The monoisotopic (exact) mass is 367 g/mol. The Kier molecular flexibility index (Phi) is 4.47. The van der Waals surface area contributed by atoms with E-state index in [9.17, 15) is 9.59 Å². The molecule has 3 aromatic rings. The Morgan fingerprint density at radius 3 is 2.77 bits per heavy atom. The Bertz CT molecular complexity index is 1030. The molecule has 1 aromatic heterocycles. The van der Waals surface area contributed by atoms with Crippen LogP contribution in [0.2, 0.25) is 5.02 Å². The number of nitrogens with zero attached hydrogens (tertiary/aromatic N) is 3. The smallest absolute Gasteiger partial charge is 0.244 e. The van der Waals surface area contributed by atoms with E-state index >= 15 is 0 Å². The lowest BCUT2D eigenvalue weighted by Gasteiger charge is -2.26. The van der Waals surface area contributed by atoms with Crippen molar-refractivity contribution in [2.45, 2.75) is 25.4 Å². The Morgan fingerprint density at radius 1 is 1.15 bits per heavy atom. The molecular formula is C20H18ClN3O2. The highest BCUT2D eigenvalue weighted by atomic mass is 35.5. The molecule has 26 heavy (non-hydrogen) atoms. The molecule has 4 rings (SSSR count). The number of halogens is 1. The summed E-state index contributed by atoms with van der Waals surface area (Å²) in [5.41, 5.74) is 1.51. The fourth-order valence-corrected chi connectivity index (χ4v) is 3.90. The van der Waals surface area contributed by atoms with E-state index in [0.717, 1.165) is 18.4 Å². The molecule has 132 valence electrons. The van der Waals surface area contributed by atoms with Crippen molar-refractivity contribution in [3.05, 3.63) is 75.5 Å². The number of benzene rings is 2. The molecular weight excluding hydrogens is 350 g/mol. The number of para-hydroxylation sites is 1. The average molecular weight is 368 g/mol. The molecule has 1 saturated heterocycles. The van der Waals surface area contributed by atoms with E-state index in [2.05, 4.69) is 5.10 Å². The molecule has 0 saturated carbocycles. The molecule has 0 aliphatic carbocycles. The number of carbonyl (C=O) groups is 1. The molecule has 5 nitrogen and oxygen atoms in total. The second-order valence-corrected chi connectivity index (χ2v) is 6.86. The number of rotatable bonds is 3. The van der Waals surface area contributed by atoms with Crippen LogP contribution in [0.15, 0.2) is 59.5 Å². The molecule has 0 bridgehead atoms. The van der Waals surface area contributed by atoms with Crippen molar-refractivity contribution in [1.29, 1.82) is 0 Å². The van der Waals surface area contributed by atoms with Crippen molar-refractivity contribution in [3.8, 4) is 0 Å². The number of amides is 1. The van der Waals surface area contributed by atoms with Gasteiger partial charge in [-0.25, -0.2) is 0 Å². The minimum absolute atomic E-state index is 0.0122. The first kappa shape index (κ1) is 16.8. The van der Waals surface area contributed by atoms with Crippen molar-refractivity contribution < 1.29 is 4.79 Å². The summed E-state index contributed by atoms with van der Waals surface area (Å²) in [4.78, 5) is 26.8. The van der Waals surface area contributed by atoms with Gasteiger partial charge in [-0.15, -0.1) is 0 Å². The first-order chi connectivity index (χ1) is 12.6. The summed E-state index contributed by atoms with van der Waals surface area (Å²) >= 11 is 6.34. The highest BCUT2D eigenvalue weighted by Gasteiger charge is 2.31. The van der Waals surface area contributed by atoms with Crippen molar-refractivity contribution in [2.75, 3.05) is 6.54 Å². The Balaban J connectivity index is 1.64. The zero-order valence-electron chi connectivity index (χ0n) is 14.1. The van der Waals surface area contributed by atoms with Crippen molar-refractivity contribution >= 4 is 28.4 Å². The van der Waals surface area contributed by atoms with Crippen LogP contribution in [0.1, 0.15) is 24.4 Å². The lowest BCUT2D eigenvalue weighted by atomic mass is 10.0. The molecule has 6 heteroatoms. The normalized spacial score (nSPS) is 17.0. The summed E-state index contributed by atoms with van der Waals surface area (Å²) in [6.07, 6.45) is 3.11. The maximum absolute atomic E-state index is 13.0. The van der Waals surface area contributed by atoms with E-state index in [1.165, 1.54) is 6.20 Å². The SMILES string of the molecule is O=C(Cn1ncc(=O)c2ccccc21)N1CCCC1c1ccccc1Cl. The minimum atomic E-state index is -0.139. The number of aromatic nitrogens is 2. The number of fused-ring (bicyclic) bond motifs is 1. The highest BCUT2D eigenvalue weighted by Crippen LogP contribution is 2.35. The maximum Gasteiger partial charge on any atom is 0.244 e. The van der Waals surface area contributed by atoms with Gasteiger partial charge in [0.05, 0.1) is 17.8 Å². The van der Waals surface area contributed by atoms with Crippen LogP contribution in [0.5, 0.6) is 0 Å². The first-order valence-corrected chi connectivity index (χ1v) is 9.02. The van der Waals surface area contributed by atoms with Crippen LogP contribution in [0.25, 0.3) is 10.9 Å². The molecule has 1 amide bonds. The van der Waals surface area contributed by atoms with Crippen LogP contribution in [0.3, 0.4) is 0 Å². The standard InChI is InChI=1S/C20H18ClN3O2/c21-16-8-3-1-6-14(16)17-10-5-11-23(17)20(26)13-24-18-9-4-2-7-15(18)19(25)12-22-24/h1-4,6-9,12,17H,5,10-11,13H2. The zero-order chi connectivity index (χ0) is 18.1. The van der Waals surface area contributed by atoms with Crippen molar-refractivity contribution in [2.24, 2.45) is 0 Å². The predicted molar refractivity (Wildman–Crippen MR) is 101 cm³/mol. The average Bonchev–Trinajstić information content (AvgIpc) is 3.14. The molecule has 1 aliphatic rings. The zero-order valence-corrected chi connectivity index (χ0v) is 14.9. The van der Waals surface area contributed by atoms with Gasteiger partial charge in [-0.2, -0.15) is 5.10 Å². The van der Waals surface area contributed by atoms with Crippen LogP contribution < -0.4 is 5.43 Å². The van der Waals surface area contributed by atoms with Crippen molar-refractivity contribution in [3.63, 3.8) is 0 Å². The van der Waals surface area contributed by atoms with Crippen LogP contribution in [-0.4, -0.2) is 27.1 Å². The van der Waals surface area contributed by atoms with Gasteiger partial charge in [-0.1, -0.05) is 41.9 Å². The van der Waals surface area contributed by atoms with E-state index in [1.54, 1.807) is 10.7 Å². The molecule has 0 spiro atoms. The largest absolute Gasteiger partial charge is 0.334 e. The topological polar surface area (TPSA) is 55.2 Å². The summed E-state index contributed by atoms with van der Waals surface area (Å²) in [5, 5.41) is 5.42. The second kappa shape index (κ2) is 6.92. The van der Waals surface area contributed by atoms with Gasteiger partial charge < -0.3 is 4.90 Å². The van der Waals surface area contributed by atoms with Gasteiger partial charge in [-0.05, 0) is 36.6 Å². The third-order valence-electron chi connectivity index (χ3n) is 4.88. The molecule has 1 unspecified atom stereocenters. The summed E-state index contributed by atoms with van der Waals surface area (Å²) in [5.74, 6) is -0.0197. The number of carbonyl (C=O) groups excluding carboxylic acids is 1. The Morgan fingerprint density at radius 2 is 1.92 bits per heavy atom. The molecule has 1 atom stereocenters. The van der Waals surface area contributed by atoms with E-state index < -0.39 is 0 Å². The molecule has 1 fully saturated rings. The number of likely N-dealkylation sites (tertiary alicyclic amines) is 1. The lowest BCUT2D eigenvalue weighted by molar-refractivity contribution is -0.132. The van der Waals surface area contributed by atoms with E-state index in [1.807, 2.05) is 47.4 Å². The number of hydrogen-bond acceptors (Lipinski definition) is 3. The van der Waals surface area contributed by atoms with Crippen LogP contribution >= 0.6 is 11.6 Å². The predicted octanol–water partition coefficient (Wildman–Crippen LogP) is 3.41. The maximum atomic E-state index is 13.0. The molecule has 0 N–H and O–H groups in total. The van der Waals surface area contributed by atoms with Gasteiger partial charge in [0.25, 0.3) is 0 Å². The van der Waals surface area contributed by atoms with Gasteiger partial charge in [0, 0.05) is 17.0 Å². The van der Waals surface area contributed by atoms with E-state index in [0.29, 0.717) is 22.5 Å². The Labute approximate surface area is 155 Å². The molecule has 2 aromatic carbocycles. The van der Waals surface area contributed by atoms with Gasteiger partial charge in [0.2, 0.25) is 11.3 Å². The van der Waals surface area contributed by atoms with Gasteiger partial charge in [0.1, 0.15) is 6.54 Å². The highest BCUT2D eigenvalue weighted by molar-refractivity contribution is 6.31. The Hall–Kier alpha value is -2.66. The first-order valence-electron chi connectivity index (χ1n) is 8.64. The van der Waals surface area contributed by atoms with Gasteiger partial charge >= 0.3 is 0 Å². The van der Waals surface area contributed by atoms with Gasteiger partial charge in [0.15, 0.2) is 0 Å². The summed E-state index contributed by atoms with van der Waals surface area (Å²) < 4.78 is 1.60. The van der Waals surface area contributed by atoms with Crippen LogP contribution in [0, 0.1) is 0 Å². The van der Waals surface area contributed by atoms with Gasteiger partial charge in [-0.3, -0.25) is 14.3 Å². The lowest BCUT2D eigenvalue weighted by Crippen LogP contribution is -2.34. The summed E-state index contributed by atoms with van der Waals surface area (Å²) in [6.45, 7) is 0.800. The molecule has 1 aliphatic heterocycles. The van der Waals surface area contributed by atoms with Crippen molar-refractivity contribution in [1.82, 2.24) is 14.7 Å². The minimum Gasteiger partial charge on any atom is -0.334 e. The van der Waals surface area contributed by atoms with E-state index in [4.69, 9.17) is 11.6 Å². The molecule has 0 radical (unpaired) electrons. The third kappa shape index (κ3) is 2.99. The molecule has 2 heterocycles.